The summed E-state index contributed by atoms with van der Waals surface area (Å²) in [5, 5.41) is 41.2. The summed E-state index contributed by atoms with van der Waals surface area (Å²) in [6.07, 6.45) is 1.62. The van der Waals surface area contributed by atoms with Crippen LogP contribution in [0.2, 0.25) is 0 Å². The fraction of sp³-hybridized carbons (Fsp3) is 0.294. The van der Waals surface area contributed by atoms with E-state index in [1.165, 1.54) is 22.9 Å². The maximum Gasteiger partial charge on any atom is 0.181 e. The third kappa shape index (κ3) is 5.87. The predicted octanol–water partition coefficient (Wildman–Crippen LogP) is -0.302. The molecular weight excluding hydrogens is 343 g/mol. The molecule has 2 aromatic rings. The Balaban J connectivity index is 2.20. The molecule has 1 aromatic carbocycles. The lowest BCUT2D eigenvalue weighted by Crippen LogP contribution is -2.29. The van der Waals surface area contributed by atoms with Crippen molar-refractivity contribution in [2.24, 2.45) is 7.05 Å². The van der Waals surface area contributed by atoms with E-state index < -0.39 is 24.6 Å². The van der Waals surface area contributed by atoms with Gasteiger partial charge in [-0.05, 0) is 34.2 Å². The Morgan fingerprint density at radius 2 is 2.04 bits per heavy atom. The van der Waals surface area contributed by atoms with E-state index in [0.29, 0.717) is 17.0 Å². The molecule has 0 amide bonds. The summed E-state index contributed by atoms with van der Waals surface area (Å²) in [6.45, 7) is 0. The molecule has 0 aliphatic rings. The first kappa shape index (κ1) is 19.4. The number of benzene rings is 1. The van der Waals surface area contributed by atoms with E-state index in [4.69, 9.17) is 0 Å². The summed E-state index contributed by atoms with van der Waals surface area (Å²) in [5.74, 6) is -1.35. The lowest BCUT2D eigenvalue weighted by Gasteiger charge is -2.13. The van der Waals surface area contributed by atoms with Crippen LogP contribution in [0.1, 0.15) is 24.2 Å². The number of carbonyl (C=O) groups excluding carboxylic acids is 1. The number of aliphatic hydroxyl groups is 2. The molecule has 0 radical (unpaired) electrons. The first-order valence-corrected chi connectivity index (χ1v) is 7.79. The second-order valence-corrected chi connectivity index (χ2v) is 5.67. The second kappa shape index (κ2) is 8.97. The van der Waals surface area contributed by atoms with Gasteiger partial charge >= 0.3 is 0 Å². The van der Waals surface area contributed by atoms with Crippen LogP contribution in [0.25, 0.3) is 11.6 Å². The van der Waals surface area contributed by atoms with Gasteiger partial charge in [0.15, 0.2) is 5.82 Å². The van der Waals surface area contributed by atoms with Crippen molar-refractivity contribution in [1.82, 2.24) is 20.2 Å². The highest BCUT2D eigenvalue weighted by Crippen LogP contribution is 2.18. The zero-order valence-electron chi connectivity index (χ0n) is 14.0. The number of rotatable bonds is 8. The maximum atomic E-state index is 13.1. The van der Waals surface area contributed by atoms with Crippen LogP contribution >= 0.6 is 0 Å². The zero-order chi connectivity index (χ0) is 19.1. The molecule has 0 saturated carbocycles. The van der Waals surface area contributed by atoms with Crippen LogP contribution < -0.4 is 5.11 Å². The number of carbonyl (C=O) groups is 1. The summed E-state index contributed by atoms with van der Waals surface area (Å²) in [6, 6.07) is 5.78. The van der Waals surface area contributed by atoms with E-state index in [-0.39, 0.29) is 12.2 Å². The highest BCUT2D eigenvalue weighted by molar-refractivity contribution is 5.84. The van der Waals surface area contributed by atoms with E-state index in [2.05, 4.69) is 15.5 Å². The van der Waals surface area contributed by atoms with Crippen LogP contribution in [-0.2, 0) is 11.8 Å². The smallest absolute Gasteiger partial charge is 0.181 e. The Hall–Kier alpha value is -2.91. The van der Waals surface area contributed by atoms with Crippen molar-refractivity contribution in [1.29, 1.82) is 0 Å². The monoisotopic (exact) mass is 361 g/mol. The molecule has 1 heterocycles. The van der Waals surface area contributed by atoms with Crippen molar-refractivity contribution >= 4 is 17.6 Å². The summed E-state index contributed by atoms with van der Waals surface area (Å²) in [4.78, 5) is 10.4. The molecular formula is C17H18FN4O4-. The van der Waals surface area contributed by atoms with Crippen LogP contribution in [0.5, 0.6) is 0 Å². The number of aryl methyl sites for hydroxylation is 1. The number of halogens is 1. The lowest BCUT2D eigenvalue weighted by atomic mass is 10.1. The van der Waals surface area contributed by atoms with Crippen LogP contribution in [0, 0.1) is 5.82 Å². The van der Waals surface area contributed by atoms with E-state index in [0.717, 1.165) is 0 Å². The molecule has 2 unspecified atom stereocenters. The van der Waals surface area contributed by atoms with Gasteiger partial charge in [-0.3, -0.25) is 0 Å². The van der Waals surface area contributed by atoms with E-state index in [9.17, 15) is 24.5 Å². The van der Waals surface area contributed by atoms with Crippen LogP contribution in [0.15, 0.2) is 36.4 Å². The summed E-state index contributed by atoms with van der Waals surface area (Å²) in [7, 11) is 1.64. The minimum absolute atomic E-state index is 0.161. The first-order valence-electron chi connectivity index (χ1n) is 7.79. The molecule has 0 aliphatic carbocycles. The number of aliphatic carboxylic acids is 1. The van der Waals surface area contributed by atoms with Crippen LogP contribution in [-0.4, -0.2) is 48.6 Å². The molecule has 0 aliphatic heterocycles. The van der Waals surface area contributed by atoms with Gasteiger partial charge in [-0.25, -0.2) is 9.07 Å². The molecule has 0 bridgehead atoms. The van der Waals surface area contributed by atoms with Gasteiger partial charge in [-0.15, -0.1) is 5.10 Å². The Morgan fingerprint density at radius 1 is 1.35 bits per heavy atom. The Labute approximate surface area is 148 Å². The van der Waals surface area contributed by atoms with Gasteiger partial charge in [-0.2, -0.15) is 0 Å². The first-order chi connectivity index (χ1) is 12.3. The van der Waals surface area contributed by atoms with Crippen molar-refractivity contribution in [2.75, 3.05) is 0 Å². The summed E-state index contributed by atoms with van der Waals surface area (Å²) < 4.78 is 14.5. The van der Waals surface area contributed by atoms with Crippen LogP contribution in [0.3, 0.4) is 0 Å². The van der Waals surface area contributed by atoms with E-state index >= 15 is 0 Å². The summed E-state index contributed by atoms with van der Waals surface area (Å²) in [5.41, 5.74) is 1.23. The maximum absolute atomic E-state index is 13.1. The fourth-order valence-electron chi connectivity index (χ4n) is 2.25. The number of hydrogen-bond donors (Lipinski definition) is 2. The van der Waals surface area contributed by atoms with Gasteiger partial charge in [0.25, 0.3) is 0 Å². The van der Waals surface area contributed by atoms with Crippen molar-refractivity contribution < 1.29 is 24.5 Å². The van der Waals surface area contributed by atoms with Gasteiger partial charge in [0, 0.05) is 31.4 Å². The number of allylic oxidation sites excluding steroid dienone is 2. The number of carboxylic acids is 1. The van der Waals surface area contributed by atoms with Crippen LogP contribution in [0.4, 0.5) is 4.39 Å². The number of hydrogen-bond acceptors (Lipinski definition) is 7. The number of aliphatic hydroxyl groups excluding tert-OH is 2. The zero-order valence-corrected chi connectivity index (χ0v) is 14.0. The van der Waals surface area contributed by atoms with Gasteiger partial charge < -0.3 is 20.1 Å². The number of carboxylic acid groups (broad SMARTS) is 1. The highest BCUT2D eigenvalue weighted by atomic mass is 19.1. The minimum atomic E-state index is -1.39. The normalized spacial score (nSPS) is 14.5. The summed E-state index contributed by atoms with van der Waals surface area (Å²) >= 11 is 0. The molecule has 9 heteroatoms. The third-order valence-electron chi connectivity index (χ3n) is 3.48. The standard InChI is InChI=1S/C17H19FN4O4/c1-22-17(19-20-21-22)12(8-11-2-5-13(18)6-3-11)4-7-14(23)9-15(24)10-16(25)26/h2-8,14-15,23-24H,9-10H2,1H3,(H,25,26)/p-1/b7-4+,12-8-. The fourth-order valence-corrected chi connectivity index (χ4v) is 2.25. The molecule has 2 atom stereocenters. The average Bonchev–Trinajstić information content (AvgIpc) is 2.98. The lowest BCUT2D eigenvalue weighted by molar-refractivity contribution is -0.307. The Bertz CT molecular complexity index is 801. The largest absolute Gasteiger partial charge is 0.550 e. The molecule has 0 saturated heterocycles. The molecule has 8 nitrogen and oxygen atoms in total. The number of tetrazole rings is 1. The Kier molecular flexibility index (Phi) is 6.70. The van der Waals surface area contributed by atoms with Crippen molar-refractivity contribution in [3.8, 4) is 0 Å². The SMILES string of the molecule is Cn1nnnc1C(=C\c1ccc(F)cc1)/C=C/C(O)CC(O)CC(=O)[O-]. The molecule has 2 N–H and O–H groups in total. The van der Waals surface area contributed by atoms with E-state index in [1.807, 2.05) is 0 Å². The molecule has 26 heavy (non-hydrogen) atoms. The van der Waals surface area contributed by atoms with Crippen molar-refractivity contribution in [3.63, 3.8) is 0 Å². The second-order valence-electron chi connectivity index (χ2n) is 5.67. The minimum Gasteiger partial charge on any atom is -0.550 e. The average molecular weight is 361 g/mol. The molecule has 0 spiro atoms. The molecule has 1 aromatic heterocycles. The third-order valence-corrected chi connectivity index (χ3v) is 3.48. The number of aromatic nitrogens is 4. The predicted molar refractivity (Wildman–Crippen MR) is 88.5 cm³/mol. The van der Waals surface area contributed by atoms with Crippen molar-refractivity contribution in [3.05, 3.63) is 53.6 Å². The molecule has 0 fully saturated rings. The highest BCUT2D eigenvalue weighted by Gasteiger charge is 2.12. The van der Waals surface area contributed by atoms with Gasteiger partial charge in [0.2, 0.25) is 0 Å². The van der Waals surface area contributed by atoms with Gasteiger partial charge in [0.05, 0.1) is 12.2 Å². The van der Waals surface area contributed by atoms with E-state index in [1.54, 1.807) is 31.3 Å². The van der Waals surface area contributed by atoms with Crippen molar-refractivity contribution in [2.45, 2.75) is 25.0 Å². The molecule has 2 rings (SSSR count). The van der Waals surface area contributed by atoms with Gasteiger partial charge in [0.1, 0.15) is 5.82 Å². The quantitative estimate of drug-likeness (QED) is 0.619. The molecule has 138 valence electrons. The Morgan fingerprint density at radius 3 is 2.62 bits per heavy atom. The number of nitrogens with zero attached hydrogens (tertiary/aromatic N) is 4. The van der Waals surface area contributed by atoms with Gasteiger partial charge in [-0.1, -0.05) is 24.3 Å². The topological polar surface area (TPSA) is 124 Å².